The van der Waals surface area contributed by atoms with Crippen molar-refractivity contribution < 1.29 is 9.47 Å². The molecule has 1 aliphatic rings. The van der Waals surface area contributed by atoms with Gasteiger partial charge in [-0.25, -0.2) is 0 Å². The predicted octanol–water partition coefficient (Wildman–Crippen LogP) is 1.87. The van der Waals surface area contributed by atoms with Gasteiger partial charge in [0.15, 0.2) is 0 Å². The number of methoxy groups -OCH3 is 1. The second kappa shape index (κ2) is 5.07. The van der Waals surface area contributed by atoms with Gasteiger partial charge in [-0.05, 0) is 25.0 Å². The SMILES string of the molecule is COc1ccc(N)c(NC2CCOCC2)c1. The third kappa shape index (κ3) is 2.58. The van der Waals surface area contributed by atoms with E-state index >= 15 is 0 Å². The zero-order valence-electron chi connectivity index (χ0n) is 9.53. The largest absolute Gasteiger partial charge is 0.497 e. The van der Waals surface area contributed by atoms with Gasteiger partial charge in [-0.3, -0.25) is 0 Å². The second-order valence-corrected chi connectivity index (χ2v) is 3.98. The van der Waals surface area contributed by atoms with Crippen LogP contribution in [-0.4, -0.2) is 26.4 Å². The molecule has 3 N–H and O–H groups in total. The Labute approximate surface area is 95.7 Å². The zero-order valence-corrected chi connectivity index (χ0v) is 9.53. The summed E-state index contributed by atoms with van der Waals surface area (Å²) in [4.78, 5) is 0. The van der Waals surface area contributed by atoms with Gasteiger partial charge in [0.25, 0.3) is 0 Å². The molecule has 1 fully saturated rings. The molecule has 2 rings (SSSR count). The molecule has 88 valence electrons. The second-order valence-electron chi connectivity index (χ2n) is 3.98. The number of nitrogens with one attached hydrogen (secondary N) is 1. The van der Waals surface area contributed by atoms with Crippen molar-refractivity contribution in [1.82, 2.24) is 0 Å². The first-order valence-electron chi connectivity index (χ1n) is 5.57. The Morgan fingerprint density at radius 3 is 2.81 bits per heavy atom. The van der Waals surface area contributed by atoms with Crippen molar-refractivity contribution in [2.24, 2.45) is 0 Å². The fraction of sp³-hybridized carbons (Fsp3) is 0.500. The lowest BCUT2D eigenvalue weighted by Gasteiger charge is -2.25. The Kier molecular flexibility index (Phi) is 3.51. The molecule has 1 aromatic carbocycles. The maximum atomic E-state index is 5.91. The minimum absolute atomic E-state index is 0.447. The first kappa shape index (κ1) is 11.1. The number of hydrogen-bond acceptors (Lipinski definition) is 4. The molecule has 1 aromatic rings. The van der Waals surface area contributed by atoms with Crippen LogP contribution in [0.25, 0.3) is 0 Å². The fourth-order valence-electron chi connectivity index (χ4n) is 1.85. The lowest BCUT2D eigenvalue weighted by Crippen LogP contribution is -2.28. The number of benzene rings is 1. The molecule has 4 heteroatoms. The lowest BCUT2D eigenvalue weighted by molar-refractivity contribution is 0.0904. The molecule has 4 nitrogen and oxygen atoms in total. The lowest BCUT2D eigenvalue weighted by atomic mass is 10.1. The van der Waals surface area contributed by atoms with Crippen LogP contribution >= 0.6 is 0 Å². The Hall–Kier alpha value is -1.42. The first-order valence-corrected chi connectivity index (χ1v) is 5.57. The molecule has 0 aromatic heterocycles. The maximum absolute atomic E-state index is 5.91. The average Bonchev–Trinajstić information content (AvgIpc) is 2.33. The number of anilines is 2. The van der Waals surface area contributed by atoms with Crippen LogP contribution in [0.5, 0.6) is 5.75 Å². The van der Waals surface area contributed by atoms with Crippen molar-refractivity contribution >= 4 is 11.4 Å². The molecule has 0 amide bonds. The van der Waals surface area contributed by atoms with E-state index in [0.29, 0.717) is 6.04 Å². The van der Waals surface area contributed by atoms with E-state index in [1.54, 1.807) is 7.11 Å². The van der Waals surface area contributed by atoms with Crippen LogP contribution in [0, 0.1) is 0 Å². The van der Waals surface area contributed by atoms with Crippen molar-refractivity contribution in [3.63, 3.8) is 0 Å². The van der Waals surface area contributed by atoms with Gasteiger partial charge in [-0.2, -0.15) is 0 Å². The molecule has 0 spiro atoms. The van der Waals surface area contributed by atoms with Crippen LogP contribution in [0.3, 0.4) is 0 Å². The monoisotopic (exact) mass is 222 g/mol. The van der Waals surface area contributed by atoms with E-state index < -0.39 is 0 Å². The van der Waals surface area contributed by atoms with E-state index in [1.165, 1.54) is 0 Å². The molecule has 1 heterocycles. The molecule has 0 radical (unpaired) electrons. The fourth-order valence-corrected chi connectivity index (χ4v) is 1.85. The molecular formula is C12H18N2O2. The van der Waals surface area contributed by atoms with Gasteiger partial charge in [-0.15, -0.1) is 0 Å². The molecule has 16 heavy (non-hydrogen) atoms. The van der Waals surface area contributed by atoms with Crippen LogP contribution in [0.4, 0.5) is 11.4 Å². The molecule has 0 saturated carbocycles. The number of ether oxygens (including phenoxy) is 2. The molecular weight excluding hydrogens is 204 g/mol. The third-order valence-corrected chi connectivity index (χ3v) is 2.84. The molecule has 0 bridgehead atoms. The van der Waals surface area contributed by atoms with E-state index in [-0.39, 0.29) is 0 Å². The minimum atomic E-state index is 0.447. The van der Waals surface area contributed by atoms with Gasteiger partial charge in [0.05, 0.1) is 18.5 Å². The van der Waals surface area contributed by atoms with Crippen LogP contribution in [0.1, 0.15) is 12.8 Å². The van der Waals surface area contributed by atoms with Gasteiger partial charge >= 0.3 is 0 Å². The maximum Gasteiger partial charge on any atom is 0.121 e. The standard InChI is InChI=1S/C12H18N2O2/c1-15-10-2-3-11(13)12(8-10)14-9-4-6-16-7-5-9/h2-3,8-9,14H,4-7,13H2,1H3. The minimum Gasteiger partial charge on any atom is -0.497 e. The number of nitrogen functional groups attached to an aromatic ring is 1. The summed E-state index contributed by atoms with van der Waals surface area (Å²) in [5.41, 5.74) is 7.62. The summed E-state index contributed by atoms with van der Waals surface area (Å²) in [7, 11) is 1.66. The Balaban J connectivity index is 2.06. The van der Waals surface area contributed by atoms with Crippen molar-refractivity contribution in [2.45, 2.75) is 18.9 Å². The van der Waals surface area contributed by atoms with Crippen molar-refractivity contribution in [3.8, 4) is 5.75 Å². The molecule has 0 atom stereocenters. The van der Waals surface area contributed by atoms with Gasteiger partial charge in [0.2, 0.25) is 0 Å². The quantitative estimate of drug-likeness (QED) is 0.766. The van der Waals surface area contributed by atoms with Crippen LogP contribution < -0.4 is 15.8 Å². The zero-order chi connectivity index (χ0) is 11.4. The normalized spacial score (nSPS) is 17.1. The summed E-state index contributed by atoms with van der Waals surface area (Å²) < 4.78 is 10.5. The number of hydrogen-bond donors (Lipinski definition) is 2. The molecule has 1 saturated heterocycles. The Morgan fingerprint density at radius 2 is 2.12 bits per heavy atom. The average molecular weight is 222 g/mol. The van der Waals surface area contributed by atoms with Crippen molar-refractivity contribution in [3.05, 3.63) is 18.2 Å². The van der Waals surface area contributed by atoms with E-state index in [2.05, 4.69) is 5.32 Å². The Bertz CT molecular complexity index is 349. The highest BCUT2D eigenvalue weighted by Gasteiger charge is 2.14. The topological polar surface area (TPSA) is 56.5 Å². The van der Waals surface area contributed by atoms with E-state index in [0.717, 1.165) is 43.2 Å². The number of nitrogens with two attached hydrogens (primary N) is 1. The van der Waals surface area contributed by atoms with Crippen molar-refractivity contribution in [1.29, 1.82) is 0 Å². The highest BCUT2D eigenvalue weighted by Crippen LogP contribution is 2.26. The highest BCUT2D eigenvalue weighted by molar-refractivity contribution is 5.68. The summed E-state index contributed by atoms with van der Waals surface area (Å²) in [6.45, 7) is 1.64. The summed E-state index contributed by atoms with van der Waals surface area (Å²) in [5.74, 6) is 0.823. The Morgan fingerprint density at radius 1 is 1.38 bits per heavy atom. The van der Waals surface area contributed by atoms with Gasteiger partial charge in [0, 0.05) is 25.3 Å². The highest BCUT2D eigenvalue weighted by atomic mass is 16.5. The molecule has 0 aliphatic carbocycles. The van der Waals surface area contributed by atoms with Crippen LogP contribution in [0.15, 0.2) is 18.2 Å². The summed E-state index contributed by atoms with van der Waals surface area (Å²) in [6, 6.07) is 6.11. The van der Waals surface area contributed by atoms with Gasteiger partial charge < -0.3 is 20.5 Å². The van der Waals surface area contributed by atoms with Gasteiger partial charge in [-0.1, -0.05) is 0 Å². The summed E-state index contributed by atoms with van der Waals surface area (Å²) in [6.07, 6.45) is 2.05. The number of rotatable bonds is 3. The predicted molar refractivity (Wildman–Crippen MR) is 64.9 cm³/mol. The molecule has 1 aliphatic heterocycles. The summed E-state index contributed by atoms with van der Waals surface area (Å²) >= 11 is 0. The van der Waals surface area contributed by atoms with Crippen molar-refractivity contribution in [2.75, 3.05) is 31.4 Å². The van der Waals surface area contributed by atoms with E-state index in [9.17, 15) is 0 Å². The molecule has 0 unspecified atom stereocenters. The van der Waals surface area contributed by atoms with E-state index in [4.69, 9.17) is 15.2 Å². The van der Waals surface area contributed by atoms with Crippen LogP contribution in [0.2, 0.25) is 0 Å². The van der Waals surface area contributed by atoms with Gasteiger partial charge in [0.1, 0.15) is 5.75 Å². The summed E-state index contributed by atoms with van der Waals surface area (Å²) in [5, 5.41) is 3.44. The smallest absolute Gasteiger partial charge is 0.121 e. The van der Waals surface area contributed by atoms with Crippen LogP contribution in [-0.2, 0) is 4.74 Å². The third-order valence-electron chi connectivity index (χ3n) is 2.84. The first-order chi connectivity index (χ1) is 7.79. The van der Waals surface area contributed by atoms with E-state index in [1.807, 2.05) is 18.2 Å².